The summed E-state index contributed by atoms with van der Waals surface area (Å²) in [5.41, 5.74) is 2.70. The summed E-state index contributed by atoms with van der Waals surface area (Å²) in [5.74, 6) is 0.478. The van der Waals surface area contributed by atoms with Crippen LogP contribution in [-0.4, -0.2) is 23.9 Å². The van der Waals surface area contributed by atoms with Crippen LogP contribution in [0.25, 0.3) is 0 Å². The van der Waals surface area contributed by atoms with Gasteiger partial charge in [-0.3, -0.25) is 14.9 Å². The quantitative estimate of drug-likeness (QED) is 0.436. The minimum Gasteiger partial charge on any atom is -0.383 e. The molecule has 0 aliphatic heterocycles. The van der Waals surface area contributed by atoms with Gasteiger partial charge in [0.05, 0.1) is 4.92 Å². The molecule has 2 N–H and O–H groups in total. The smallest absolute Gasteiger partial charge is 0.269 e. The van der Waals surface area contributed by atoms with Crippen molar-refractivity contribution in [2.24, 2.45) is 5.92 Å². The first-order chi connectivity index (χ1) is 12.0. The van der Waals surface area contributed by atoms with Gasteiger partial charge in [-0.15, -0.1) is 0 Å². The van der Waals surface area contributed by atoms with Crippen molar-refractivity contribution in [1.82, 2.24) is 5.32 Å². The van der Waals surface area contributed by atoms with Crippen LogP contribution in [0.4, 0.5) is 11.4 Å². The van der Waals surface area contributed by atoms with Crippen LogP contribution >= 0.6 is 0 Å². The first kappa shape index (κ1) is 18.4. The predicted molar refractivity (Wildman–Crippen MR) is 98.9 cm³/mol. The van der Waals surface area contributed by atoms with E-state index in [0.29, 0.717) is 24.6 Å². The van der Waals surface area contributed by atoms with Crippen molar-refractivity contribution in [3.05, 3.63) is 69.8 Å². The SMILES string of the molecule is CC(C)Cc1ccc(C(=O)NCCNc2ccc([N+](=O)[O-])cc2)cc1. The molecular formula is C19H23N3O3. The van der Waals surface area contributed by atoms with Gasteiger partial charge in [0, 0.05) is 36.5 Å². The molecule has 0 heterocycles. The number of nitro groups is 1. The number of amides is 1. The number of anilines is 1. The second-order valence-corrected chi connectivity index (χ2v) is 6.28. The van der Waals surface area contributed by atoms with Gasteiger partial charge in [0.15, 0.2) is 0 Å². The van der Waals surface area contributed by atoms with Crippen LogP contribution < -0.4 is 10.6 Å². The summed E-state index contributed by atoms with van der Waals surface area (Å²) >= 11 is 0. The van der Waals surface area contributed by atoms with Gasteiger partial charge in [0.1, 0.15) is 0 Å². The van der Waals surface area contributed by atoms with Crippen molar-refractivity contribution in [1.29, 1.82) is 0 Å². The second-order valence-electron chi connectivity index (χ2n) is 6.28. The van der Waals surface area contributed by atoms with E-state index < -0.39 is 4.92 Å². The largest absolute Gasteiger partial charge is 0.383 e. The summed E-state index contributed by atoms with van der Waals surface area (Å²) in [7, 11) is 0. The fourth-order valence-corrected chi connectivity index (χ4v) is 2.45. The molecule has 25 heavy (non-hydrogen) atoms. The number of non-ortho nitro benzene ring substituents is 1. The molecule has 0 spiro atoms. The monoisotopic (exact) mass is 341 g/mol. The van der Waals surface area contributed by atoms with Gasteiger partial charge in [0.2, 0.25) is 0 Å². The molecule has 0 atom stereocenters. The van der Waals surface area contributed by atoms with E-state index in [0.717, 1.165) is 12.1 Å². The zero-order valence-corrected chi connectivity index (χ0v) is 14.5. The maximum atomic E-state index is 12.1. The standard InChI is InChI=1S/C19H23N3O3/c1-14(2)13-15-3-5-16(6-4-15)19(23)21-12-11-20-17-7-9-18(10-8-17)22(24)25/h3-10,14,20H,11-13H2,1-2H3,(H,21,23). The fourth-order valence-electron chi connectivity index (χ4n) is 2.45. The highest BCUT2D eigenvalue weighted by Gasteiger charge is 2.06. The van der Waals surface area contributed by atoms with Gasteiger partial charge < -0.3 is 10.6 Å². The van der Waals surface area contributed by atoms with Gasteiger partial charge in [-0.2, -0.15) is 0 Å². The Balaban J connectivity index is 1.75. The molecule has 0 saturated heterocycles. The van der Waals surface area contributed by atoms with E-state index in [-0.39, 0.29) is 11.6 Å². The Kier molecular flexibility index (Phi) is 6.51. The van der Waals surface area contributed by atoms with Gasteiger partial charge in [0.25, 0.3) is 11.6 Å². The van der Waals surface area contributed by atoms with Crippen molar-refractivity contribution in [2.75, 3.05) is 18.4 Å². The molecule has 0 unspecified atom stereocenters. The summed E-state index contributed by atoms with van der Waals surface area (Å²) in [6.07, 6.45) is 1.00. The second kappa shape index (κ2) is 8.82. The molecule has 6 heteroatoms. The number of carbonyl (C=O) groups excluding carboxylic acids is 1. The maximum Gasteiger partial charge on any atom is 0.269 e. The number of hydrogen-bond acceptors (Lipinski definition) is 4. The lowest BCUT2D eigenvalue weighted by Crippen LogP contribution is -2.28. The zero-order chi connectivity index (χ0) is 18.2. The predicted octanol–water partition coefficient (Wildman–Crippen LogP) is 3.64. The van der Waals surface area contributed by atoms with Crippen LogP contribution in [0.2, 0.25) is 0 Å². The molecule has 6 nitrogen and oxygen atoms in total. The van der Waals surface area contributed by atoms with Gasteiger partial charge in [-0.25, -0.2) is 0 Å². The average molecular weight is 341 g/mol. The maximum absolute atomic E-state index is 12.1. The zero-order valence-electron chi connectivity index (χ0n) is 14.5. The van der Waals surface area contributed by atoms with Crippen LogP contribution in [0.1, 0.15) is 29.8 Å². The Morgan fingerprint density at radius 3 is 2.24 bits per heavy atom. The Labute approximate surface area is 147 Å². The Morgan fingerprint density at radius 1 is 1.04 bits per heavy atom. The van der Waals surface area contributed by atoms with E-state index >= 15 is 0 Å². The number of rotatable bonds is 8. The molecule has 2 aromatic carbocycles. The summed E-state index contributed by atoms with van der Waals surface area (Å²) in [5, 5.41) is 16.6. The molecule has 0 fully saturated rings. The number of nitrogens with zero attached hydrogens (tertiary/aromatic N) is 1. The molecular weight excluding hydrogens is 318 g/mol. The molecule has 132 valence electrons. The molecule has 0 aromatic heterocycles. The van der Waals surface area contributed by atoms with Crippen molar-refractivity contribution < 1.29 is 9.72 Å². The van der Waals surface area contributed by atoms with Crippen LogP contribution in [0.3, 0.4) is 0 Å². The molecule has 0 aliphatic carbocycles. The van der Waals surface area contributed by atoms with Crippen molar-refractivity contribution >= 4 is 17.3 Å². The van der Waals surface area contributed by atoms with Crippen LogP contribution in [0, 0.1) is 16.0 Å². The van der Waals surface area contributed by atoms with E-state index in [4.69, 9.17) is 0 Å². The van der Waals surface area contributed by atoms with Crippen molar-refractivity contribution in [3.63, 3.8) is 0 Å². The fraction of sp³-hybridized carbons (Fsp3) is 0.316. The van der Waals surface area contributed by atoms with E-state index in [1.807, 2.05) is 24.3 Å². The third-order valence-electron chi connectivity index (χ3n) is 3.68. The first-order valence-electron chi connectivity index (χ1n) is 8.31. The average Bonchev–Trinajstić information content (AvgIpc) is 2.59. The van der Waals surface area contributed by atoms with Crippen LogP contribution in [0.15, 0.2) is 48.5 Å². The van der Waals surface area contributed by atoms with Gasteiger partial charge >= 0.3 is 0 Å². The van der Waals surface area contributed by atoms with Crippen LogP contribution in [-0.2, 0) is 6.42 Å². The third-order valence-corrected chi connectivity index (χ3v) is 3.68. The molecule has 2 rings (SSSR count). The summed E-state index contributed by atoms with van der Waals surface area (Å²) in [6.45, 7) is 5.33. The number of carbonyl (C=O) groups is 1. The molecule has 0 aliphatic rings. The number of hydrogen-bond donors (Lipinski definition) is 2. The highest BCUT2D eigenvalue weighted by molar-refractivity contribution is 5.94. The topological polar surface area (TPSA) is 84.3 Å². The summed E-state index contributed by atoms with van der Waals surface area (Å²) < 4.78 is 0. The third kappa shape index (κ3) is 5.91. The molecule has 0 radical (unpaired) electrons. The van der Waals surface area contributed by atoms with Crippen LogP contribution in [0.5, 0.6) is 0 Å². The lowest BCUT2D eigenvalue weighted by atomic mass is 10.0. The van der Waals surface area contributed by atoms with Crippen molar-refractivity contribution in [3.8, 4) is 0 Å². The normalized spacial score (nSPS) is 10.5. The minimum absolute atomic E-state index is 0.0553. The van der Waals surface area contributed by atoms with Gasteiger partial charge in [-0.05, 0) is 42.2 Å². The Bertz CT molecular complexity index is 710. The highest BCUT2D eigenvalue weighted by atomic mass is 16.6. The lowest BCUT2D eigenvalue weighted by Gasteiger charge is -2.09. The molecule has 2 aromatic rings. The number of nitro benzene ring substituents is 1. The molecule has 0 saturated carbocycles. The first-order valence-corrected chi connectivity index (χ1v) is 8.31. The summed E-state index contributed by atoms with van der Waals surface area (Å²) in [6, 6.07) is 13.8. The molecule has 1 amide bonds. The Morgan fingerprint density at radius 2 is 1.68 bits per heavy atom. The minimum atomic E-state index is -0.434. The van der Waals surface area contributed by atoms with Gasteiger partial charge in [-0.1, -0.05) is 26.0 Å². The van der Waals surface area contributed by atoms with E-state index in [9.17, 15) is 14.9 Å². The van der Waals surface area contributed by atoms with E-state index in [2.05, 4.69) is 24.5 Å². The summed E-state index contributed by atoms with van der Waals surface area (Å²) in [4.78, 5) is 22.3. The highest BCUT2D eigenvalue weighted by Crippen LogP contribution is 2.15. The number of nitrogens with one attached hydrogen (secondary N) is 2. The Hall–Kier alpha value is -2.89. The van der Waals surface area contributed by atoms with Crippen molar-refractivity contribution in [2.45, 2.75) is 20.3 Å². The van der Waals surface area contributed by atoms with E-state index in [1.54, 1.807) is 12.1 Å². The number of benzene rings is 2. The lowest BCUT2D eigenvalue weighted by molar-refractivity contribution is -0.384. The van der Waals surface area contributed by atoms with E-state index in [1.165, 1.54) is 17.7 Å². The molecule has 0 bridgehead atoms.